The van der Waals surface area contributed by atoms with Crippen LogP contribution < -0.4 is 0 Å². The second kappa shape index (κ2) is 6.33. The number of carboxylic acid groups (broad SMARTS) is 1. The summed E-state index contributed by atoms with van der Waals surface area (Å²) in [6.45, 7) is 3.14. The lowest BCUT2D eigenvalue weighted by atomic mass is 9.76. The minimum atomic E-state index is -1.87. The summed E-state index contributed by atoms with van der Waals surface area (Å²) < 4.78 is 4.89. The van der Waals surface area contributed by atoms with Gasteiger partial charge in [0.05, 0.1) is 12.7 Å². The molecule has 0 heterocycles. The van der Waals surface area contributed by atoms with E-state index in [9.17, 15) is 19.8 Å². The van der Waals surface area contributed by atoms with Crippen molar-refractivity contribution < 1.29 is 24.5 Å². The molecule has 104 valence electrons. The van der Waals surface area contributed by atoms with Gasteiger partial charge >= 0.3 is 11.9 Å². The molecule has 2 unspecified atom stereocenters. The molecule has 1 aromatic rings. The third-order valence-corrected chi connectivity index (χ3v) is 2.86. The summed E-state index contributed by atoms with van der Waals surface area (Å²) in [5.41, 5.74) is -1.56. The molecule has 0 amide bonds. The molecule has 0 bridgehead atoms. The number of ether oxygens (including phenoxy) is 1. The lowest BCUT2D eigenvalue weighted by Gasteiger charge is -2.28. The Bertz CT molecular complexity index is 440. The Labute approximate surface area is 111 Å². The second-order valence-corrected chi connectivity index (χ2v) is 4.35. The van der Waals surface area contributed by atoms with Gasteiger partial charge in [0.15, 0.2) is 5.41 Å². The average molecular weight is 266 g/mol. The summed E-state index contributed by atoms with van der Waals surface area (Å²) >= 11 is 0. The Hall–Kier alpha value is -1.88. The van der Waals surface area contributed by atoms with Crippen molar-refractivity contribution in [3.05, 3.63) is 35.9 Å². The van der Waals surface area contributed by atoms with E-state index < -0.39 is 23.5 Å². The molecule has 0 spiro atoms. The summed E-state index contributed by atoms with van der Waals surface area (Å²) in [6.07, 6.45) is -1.17. The van der Waals surface area contributed by atoms with Gasteiger partial charge in [-0.2, -0.15) is 0 Å². The Morgan fingerprint density at radius 1 is 1.32 bits per heavy atom. The van der Waals surface area contributed by atoms with Crippen molar-refractivity contribution in [2.24, 2.45) is 0 Å². The standard InChI is InChI=1S/C14H18O5/c1-3-19-13(18)14(12(16)17,9-10(2)15)11-7-5-4-6-8-11/h4-8,10,15H,3,9H2,1-2H3,(H,16,17). The van der Waals surface area contributed by atoms with Gasteiger partial charge in [0.2, 0.25) is 0 Å². The van der Waals surface area contributed by atoms with Crippen molar-refractivity contribution in [3.63, 3.8) is 0 Å². The first kappa shape index (κ1) is 15.2. The molecule has 2 N–H and O–H groups in total. The van der Waals surface area contributed by atoms with Crippen LogP contribution in [-0.2, 0) is 19.7 Å². The van der Waals surface area contributed by atoms with Crippen LogP contribution in [0.1, 0.15) is 25.8 Å². The van der Waals surface area contributed by atoms with Crippen LogP contribution in [0.5, 0.6) is 0 Å². The monoisotopic (exact) mass is 266 g/mol. The molecule has 1 aromatic carbocycles. The van der Waals surface area contributed by atoms with E-state index in [-0.39, 0.29) is 13.0 Å². The maximum absolute atomic E-state index is 12.1. The zero-order valence-corrected chi connectivity index (χ0v) is 11.0. The van der Waals surface area contributed by atoms with Gasteiger partial charge in [-0.25, -0.2) is 0 Å². The number of esters is 1. The van der Waals surface area contributed by atoms with Crippen LogP contribution in [-0.4, -0.2) is 34.9 Å². The molecule has 0 radical (unpaired) electrons. The minimum absolute atomic E-state index is 0.0838. The third kappa shape index (κ3) is 3.12. The van der Waals surface area contributed by atoms with Crippen LogP contribution in [0.2, 0.25) is 0 Å². The van der Waals surface area contributed by atoms with Crippen LogP contribution in [0.4, 0.5) is 0 Å². The molecular formula is C14H18O5. The van der Waals surface area contributed by atoms with Crippen molar-refractivity contribution in [3.8, 4) is 0 Å². The zero-order valence-electron chi connectivity index (χ0n) is 11.0. The normalized spacial score (nSPS) is 15.3. The van der Waals surface area contributed by atoms with Gasteiger partial charge in [-0.1, -0.05) is 30.3 Å². The Morgan fingerprint density at radius 3 is 2.32 bits per heavy atom. The first-order valence-corrected chi connectivity index (χ1v) is 6.09. The molecular weight excluding hydrogens is 248 g/mol. The van der Waals surface area contributed by atoms with E-state index in [2.05, 4.69) is 0 Å². The summed E-state index contributed by atoms with van der Waals surface area (Å²) in [7, 11) is 0. The van der Waals surface area contributed by atoms with Crippen LogP contribution in [0.3, 0.4) is 0 Å². The fourth-order valence-electron chi connectivity index (χ4n) is 2.04. The van der Waals surface area contributed by atoms with Crippen molar-refractivity contribution in [2.75, 3.05) is 6.61 Å². The van der Waals surface area contributed by atoms with Crippen LogP contribution in [0.15, 0.2) is 30.3 Å². The highest BCUT2D eigenvalue weighted by atomic mass is 16.5. The highest BCUT2D eigenvalue weighted by Crippen LogP contribution is 2.31. The first-order chi connectivity index (χ1) is 8.95. The number of carbonyl (C=O) groups excluding carboxylic acids is 1. The zero-order chi connectivity index (χ0) is 14.5. The van der Waals surface area contributed by atoms with E-state index in [4.69, 9.17) is 4.74 Å². The maximum atomic E-state index is 12.1. The SMILES string of the molecule is CCOC(=O)C(CC(C)O)(C(=O)O)c1ccccc1. The Balaban J connectivity index is 3.35. The molecule has 0 saturated heterocycles. The van der Waals surface area contributed by atoms with Gasteiger partial charge < -0.3 is 14.9 Å². The smallest absolute Gasteiger partial charge is 0.328 e. The van der Waals surface area contributed by atoms with Gasteiger partial charge in [0, 0.05) is 6.42 Å². The van der Waals surface area contributed by atoms with Crippen molar-refractivity contribution in [1.29, 1.82) is 0 Å². The summed E-state index contributed by atoms with van der Waals surface area (Å²) in [5, 5.41) is 19.1. The number of rotatable bonds is 6. The molecule has 2 atom stereocenters. The van der Waals surface area contributed by atoms with E-state index in [1.807, 2.05) is 0 Å². The summed E-state index contributed by atoms with van der Waals surface area (Å²) in [5.74, 6) is -2.17. The van der Waals surface area contributed by atoms with E-state index in [1.165, 1.54) is 6.92 Å². The Kier molecular flexibility index (Phi) is 5.06. The van der Waals surface area contributed by atoms with E-state index >= 15 is 0 Å². The highest BCUT2D eigenvalue weighted by Gasteiger charge is 2.50. The van der Waals surface area contributed by atoms with Crippen LogP contribution in [0.25, 0.3) is 0 Å². The Morgan fingerprint density at radius 2 is 1.89 bits per heavy atom. The number of carboxylic acids is 1. The second-order valence-electron chi connectivity index (χ2n) is 4.35. The predicted octanol–water partition coefficient (Wildman–Crippen LogP) is 1.34. The van der Waals surface area contributed by atoms with E-state index in [0.29, 0.717) is 5.56 Å². The fourth-order valence-corrected chi connectivity index (χ4v) is 2.04. The van der Waals surface area contributed by atoms with Crippen molar-refractivity contribution >= 4 is 11.9 Å². The molecule has 0 aromatic heterocycles. The number of aliphatic hydroxyl groups is 1. The van der Waals surface area contributed by atoms with E-state index in [0.717, 1.165) is 0 Å². The van der Waals surface area contributed by atoms with Crippen molar-refractivity contribution in [1.82, 2.24) is 0 Å². The highest BCUT2D eigenvalue weighted by molar-refractivity contribution is 6.05. The molecule has 1 rings (SSSR count). The minimum Gasteiger partial charge on any atom is -0.480 e. The average Bonchev–Trinajstić information content (AvgIpc) is 2.36. The first-order valence-electron chi connectivity index (χ1n) is 6.09. The topological polar surface area (TPSA) is 83.8 Å². The number of hydrogen-bond donors (Lipinski definition) is 2. The fraction of sp³-hybridized carbons (Fsp3) is 0.429. The molecule has 5 heteroatoms. The number of benzene rings is 1. The predicted molar refractivity (Wildman–Crippen MR) is 68.7 cm³/mol. The lowest BCUT2D eigenvalue weighted by molar-refractivity contribution is -0.163. The van der Waals surface area contributed by atoms with Gasteiger partial charge in [-0.05, 0) is 19.4 Å². The largest absolute Gasteiger partial charge is 0.480 e. The maximum Gasteiger partial charge on any atom is 0.328 e. The number of aliphatic carboxylic acids is 1. The number of aliphatic hydroxyl groups excluding tert-OH is 1. The van der Waals surface area contributed by atoms with Crippen LogP contribution in [0, 0.1) is 0 Å². The molecule has 0 fully saturated rings. The van der Waals surface area contributed by atoms with Crippen molar-refractivity contribution in [2.45, 2.75) is 31.8 Å². The summed E-state index contributed by atoms with van der Waals surface area (Å²) in [6, 6.07) is 8.12. The van der Waals surface area contributed by atoms with Crippen LogP contribution >= 0.6 is 0 Å². The molecule has 0 aliphatic heterocycles. The molecule has 19 heavy (non-hydrogen) atoms. The van der Waals surface area contributed by atoms with E-state index in [1.54, 1.807) is 37.3 Å². The summed E-state index contributed by atoms with van der Waals surface area (Å²) in [4.78, 5) is 23.8. The quantitative estimate of drug-likeness (QED) is 0.599. The number of carbonyl (C=O) groups is 2. The number of hydrogen-bond acceptors (Lipinski definition) is 4. The van der Waals surface area contributed by atoms with Gasteiger partial charge in [-0.3, -0.25) is 9.59 Å². The molecule has 5 nitrogen and oxygen atoms in total. The van der Waals surface area contributed by atoms with Gasteiger partial charge in [0.25, 0.3) is 0 Å². The van der Waals surface area contributed by atoms with Gasteiger partial charge in [0.1, 0.15) is 0 Å². The lowest BCUT2D eigenvalue weighted by Crippen LogP contribution is -2.47. The molecule has 0 aliphatic carbocycles. The van der Waals surface area contributed by atoms with Gasteiger partial charge in [-0.15, -0.1) is 0 Å². The third-order valence-electron chi connectivity index (χ3n) is 2.86. The molecule has 0 saturated carbocycles. The molecule has 0 aliphatic rings.